The van der Waals surface area contributed by atoms with Gasteiger partial charge in [0.15, 0.2) is 0 Å². The number of hydrogen-bond donors (Lipinski definition) is 2. The summed E-state index contributed by atoms with van der Waals surface area (Å²) in [6, 6.07) is 25.2. The van der Waals surface area contributed by atoms with Crippen molar-refractivity contribution < 1.29 is 19.4 Å². The SMILES string of the molecule is Cc1ccc(S[C@]2(C(=O)NCCN3CCOCC3)CC(=O)N(Cc3ccccc3)[C@@H]2c2ccc(CO)cc2)cc1. The van der Waals surface area contributed by atoms with E-state index in [1.807, 2.05) is 90.7 Å². The second kappa shape index (κ2) is 13.0. The first kappa shape index (κ1) is 28.4. The number of amides is 2. The van der Waals surface area contributed by atoms with Crippen molar-refractivity contribution in [2.45, 2.75) is 42.2 Å². The zero-order valence-electron chi connectivity index (χ0n) is 22.9. The van der Waals surface area contributed by atoms with Crippen LogP contribution in [0.3, 0.4) is 0 Å². The average Bonchev–Trinajstić information content (AvgIpc) is 3.26. The Kier molecular flexibility index (Phi) is 9.22. The van der Waals surface area contributed by atoms with E-state index >= 15 is 0 Å². The first-order valence-electron chi connectivity index (χ1n) is 13.9. The van der Waals surface area contributed by atoms with Gasteiger partial charge in [0.25, 0.3) is 0 Å². The fourth-order valence-corrected chi connectivity index (χ4v) is 6.92. The molecule has 2 atom stereocenters. The van der Waals surface area contributed by atoms with E-state index in [0.717, 1.165) is 46.8 Å². The largest absolute Gasteiger partial charge is 0.392 e. The average molecular weight is 560 g/mol. The van der Waals surface area contributed by atoms with Crippen LogP contribution in [0.2, 0.25) is 0 Å². The Morgan fingerprint density at radius 1 is 1.00 bits per heavy atom. The number of ether oxygens (including phenoxy) is 1. The van der Waals surface area contributed by atoms with Gasteiger partial charge in [-0.3, -0.25) is 14.5 Å². The summed E-state index contributed by atoms with van der Waals surface area (Å²) in [5, 5.41) is 12.9. The summed E-state index contributed by atoms with van der Waals surface area (Å²) < 4.78 is 4.38. The van der Waals surface area contributed by atoms with Gasteiger partial charge in [0.1, 0.15) is 4.75 Å². The number of thioether (sulfide) groups is 1. The number of hydrogen-bond acceptors (Lipinski definition) is 6. The monoisotopic (exact) mass is 559 g/mol. The van der Waals surface area contributed by atoms with Gasteiger partial charge >= 0.3 is 0 Å². The van der Waals surface area contributed by atoms with Crippen LogP contribution >= 0.6 is 11.8 Å². The lowest BCUT2D eigenvalue weighted by Crippen LogP contribution is -2.50. The van der Waals surface area contributed by atoms with Crippen LogP contribution in [0.4, 0.5) is 0 Å². The number of nitrogens with one attached hydrogen (secondary N) is 1. The van der Waals surface area contributed by atoms with Gasteiger partial charge in [-0.25, -0.2) is 0 Å². The van der Waals surface area contributed by atoms with Crippen molar-refractivity contribution in [3.05, 3.63) is 101 Å². The Bertz CT molecular complexity index is 1280. The van der Waals surface area contributed by atoms with Crippen molar-refractivity contribution in [3.8, 4) is 0 Å². The van der Waals surface area contributed by atoms with Crippen LogP contribution < -0.4 is 5.32 Å². The number of likely N-dealkylation sites (tertiary alicyclic amines) is 1. The molecular weight excluding hydrogens is 522 g/mol. The highest BCUT2D eigenvalue weighted by molar-refractivity contribution is 8.01. The Labute approximate surface area is 240 Å². The van der Waals surface area contributed by atoms with Gasteiger partial charge in [0.05, 0.1) is 32.3 Å². The van der Waals surface area contributed by atoms with Gasteiger partial charge < -0.3 is 20.1 Å². The lowest BCUT2D eigenvalue weighted by atomic mass is 9.90. The predicted molar refractivity (Wildman–Crippen MR) is 157 cm³/mol. The van der Waals surface area contributed by atoms with Gasteiger partial charge in [0, 0.05) is 37.6 Å². The highest BCUT2D eigenvalue weighted by Crippen LogP contribution is 2.53. The fraction of sp³-hybridized carbons (Fsp3) is 0.375. The molecule has 2 fully saturated rings. The van der Waals surface area contributed by atoms with E-state index in [-0.39, 0.29) is 24.8 Å². The van der Waals surface area contributed by atoms with Gasteiger partial charge in [-0.15, -0.1) is 11.8 Å². The molecule has 0 unspecified atom stereocenters. The number of aliphatic hydroxyl groups is 1. The molecule has 2 amide bonds. The van der Waals surface area contributed by atoms with Crippen molar-refractivity contribution in [2.75, 3.05) is 39.4 Å². The topological polar surface area (TPSA) is 82.1 Å². The summed E-state index contributed by atoms with van der Waals surface area (Å²) in [6.07, 6.45) is 0.0915. The third kappa shape index (κ3) is 6.41. The van der Waals surface area contributed by atoms with E-state index in [0.29, 0.717) is 26.3 Å². The second-order valence-corrected chi connectivity index (χ2v) is 11.9. The number of benzene rings is 3. The van der Waals surface area contributed by atoms with Crippen LogP contribution in [-0.2, 0) is 27.5 Å². The van der Waals surface area contributed by atoms with Gasteiger partial charge in [-0.1, -0.05) is 72.3 Å². The lowest BCUT2D eigenvalue weighted by molar-refractivity contribution is -0.129. The van der Waals surface area contributed by atoms with E-state index in [1.165, 1.54) is 11.8 Å². The minimum absolute atomic E-state index is 0.0528. The van der Waals surface area contributed by atoms with Crippen molar-refractivity contribution in [1.82, 2.24) is 15.1 Å². The predicted octanol–water partition coefficient (Wildman–Crippen LogP) is 3.94. The maximum Gasteiger partial charge on any atom is 0.239 e. The standard InChI is InChI=1S/C32H37N3O4S/c1-24-7-13-28(14-8-24)40-32(31(38)33-15-16-34-17-19-39-20-18-34)21-29(37)35(22-25-5-3-2-4-6-25)30(32)27-11-9-26(23-36)10-12-27/h2-14,30,36H,15-23H2,1H3,(H,33,38)/t30-,32-/m1/s1. The molecule has 0 spiro atoms. The molecule has 2 aliphatic heterocycles. The normalized spacial score (nSPS) is 21.5. The highest BCUT2D eigenvalue weighted by atomic mass is 32.2. The molecule has 7 nitrogen and oxygen atoms in total. The number of rotatable bonds is 10. The molecule has 3 aromatic carbocycles. The number of carbonyl (C=O) groups excluding carboxylic acids is 2. The van der Waals surface area contributed by atoms with Crippen LogP contribution in [0.1, 0.15) is 34.7 Å². The van der Waals surface area contributed by atoms with E-state index in [9.17, 15) is 14.7 Å². The molecular formula is C32H37N3O4S. The molecule has 40 heavy (non-hydrogen) atoms. The molecule has 5 rings (SSSR count). The first-order valence-corrected chi connectivity index (χ1v) is 14.7. The minimum Gasteiger partial charge on any atom is -0.392 e. The number of nitrogens with zero attached hydrogens (tertiary/aromatic N) is 2. The molecule has 0 bridgehead atoms. The molecule has 0 saturated carbocycles. The van der Waals surface area contributed by atoms with E-state index in [2.05, 4.69) is 10.2 Å². The maximum absolute atomic E-state index is 14.3. The zero-order valence-corrected chi connectivity index (χ0v) is 23.7. The summed E-state index contributed by atoms with van der Waals surface area (Å²) in [6.45, 7) is 6.72. The van der Waals surface area contributed by atoms with Crippen molar-refractivity contribution in [3.63, 3.8) is 0 Å². The highest BCUT2D eigenvalue weighted by Gasteiger charge is 2.58. The number of aryl methyl sites for hydroxylation is 1. The summed E-state index contributed by atoms with van der Waals surface area (Å²) in [5.41, 5.74) is 3.81. The third-order valence-corrected chi connectivity index (χ3v) is 9.11. The van der Waals surface area contributed by atoms with Crippen LogP contribution in [0.25, 0.3) is 0 Å². The van der Waals surface area contributed by atoms with Crippen LogP contribution in [0, 0.1) is 6.92 Å². The zero-order chi connectivity index (χ0) is 28.0. The lowest BCUT2D eigenvalue weighted by Gasteiger charge is -2.37. The van der Waals surface area contributed by atoms with E-state index in [4.69, 9.17) is 4.74 Å². The molecule has 2 heterocycles. The minimum atomic E-state index is -1.08. The van der Waals surface area contributed by atoms with Crippen LogP contribution in [0.15, 0.2) is 83.8 Å². The molecule has 0 aliphatic carbocycles. The number of morpholine rings is 1. The molecule has 8 heteroatoms. The molecule has 2 saturated heterocycles. The maximum atomic E-state index is 14.3. The second-order valence-electron chi connectivity index (χ2n) is 10.5. The van der Waals surface area contributed by atoms with Crippen molar-refractivity contribution in [1.29, 1.82) is 0 Å². The Morgan fingerprint density at radius 3 is 2.38 bits per heavy atom. The summed E-state index contributed by atoms with van der Waals surface area (Å²) in [4.78, 5) is 33.3. The molecule has 2 N–H and O–H groups in total. The van der Waals surface area contributed by atoms with Crippen molar-refractivity contribution >= 4 is 23.6 Å². The van der Waals surface area contributed by atoms with Crippen LogP contribution in [0.5, 0.6) is 0 Å². The molecule has 0 aromatic heterocycles. The smallest absolute Gasteiger partial charge is 0.239 e. The van der Waals surface area contributed by atoms with Crippen LogP contribution in [-0.4, -0.2) is 70.9 Å². The number of carbonyl (C=O) groups is 2. The van der Waals surface area contributed by atoms with Gasteiger partial charge in [-0.2, -0.15) is 0 Å². The third-order valence-electron chi connectivity index (χ3n) is 7.68. The van der Waals surface area contributed by atoms with Gasteiger partial charge in [-0.05, 0) is 35.7 Å². The summed E-state index contributed by atoms with van der Waals surface area (Å²) in [7, 11) is 0. The number of aliphatic hydroxyl groups excluding tert-OH is 1. The van der Waals surface area contributed by atoms with E-state index in [1.54, 1.807) is 0 Å². The Morgan fingerprint density at radius 2 is 1.70 bits per heavy atom. The molecule has 3 aromatic rings. The molecule has 210 valence electrons. The Hall–Kier alpha value is -3.17. The molecule has 2 aliphatic rings. The van der Waals surface area contributed by atoms with E-state index < -0.39 is 10.8 Å². The fourth-order valence-electron chi connectivity index (χ4n) is 5.49. The summed E-state index contributed by atoms with van der Waals surface area (Å²) in [5.74, 6) is -0.186. The van der Waals surface area contributed by atoms with Gasteiger partial charge in [0.2, 0.25) is 11.8 Å². The molecule has 0 radical (unpaired) electrons. The Balaban J connectivity index is 1.52. The van der Waals surface area contributed by atoms with Crippen molar-refractivity contribution in [2.24, 2.45) is 0 Å². The first-order chi connectivity index (χ1) is 19.5. The quantitative estimate of drug-likeness (QED) is 0.392. The summed E-state index contributed by atoms with van der Waals surface area (Å²) >= 11 is 1.47.